The largest absolute Gasteiger partial charge is 0.484 e. The molecular formula is C28H31Cl3F2N2O5. The molecule has 12 heteroatoms. The molecule has 0 heterocycles. The van der Waals surface area contributed by atoms with Crippen LogP contribution in [0.5, 0.6) is 5.75 Å². The Bertz CT molecular complexity index is 1190. The highest BCUT2D eigenvalue weighted by molar-refractivity contribution is 6.34. The zero-order valence-corrected chi connectivity index (χ0v) is 24.5. The second-order valence-corrected chi connectivity index (χ2v) is 10.9. The first-order chi connectivity index (χ1) is 18.7. The average Bonchev–Trinajstić information content (AvgIpc) is 2.88. The molecule has 0 aliphatic carbocycles. The zero-order chi connectivity index (χ0) is 30.0. The van der Waals surface area contributed by atoms with E-state index in [2.05, 4.69) is 5.32 Å². The molecule has 2 rings (SSSR count). The van der Waals surface area contributed by atoms with Crippen LogP contribution < -0.4 is 15.4 Å². The number of halogens is 5. The van der Waals surface area contributed by atoms with Gasteiger partial charge in [0.05, 0.1) is 6.04 Å². The Morgan fingerprint density at radius 2 is 1.55 bits per heavy atom. The van der Waals surface area contributed by atoms with Gasteiger partial charge < -0.3 is 15.4 Å². The molecule has 0 aliphatic rings. The molecule has 0 saturated carbocycles. The maximum Gasteiger partial charge on any atom is 0.381 e. The molecule has 2 atom stereocenters. The van der Waals surface area contributed by atoms with E-state index in [4.69, 9.17) is 39.5 Å². The fourth-order valence-corrected chi connectivity index (χ4v) is 4.41. The number of benzene rings is 2. The Labute approximate surface area is 246 Å². The van der Waals surface area contributed by atoms with Gasteiger partial charge in [0.15, 0.2) is 12.4 Å². The minimum Gasteiger partial charge on any atom is -0.484 e. The van der Waals surface area contributed by atoms with Gasteiger partial charge in [-0.2, -0.15) is 8.78 Å². The molecule has 0 radical (unpaired) electrons. The normalized spacial score (nSPS) is 12.9. The predicted octanol–water partition coefficient (Wildman–Crippen LogP) is 5.72. The van der Waals surface area contributed by atoms with Crippen LogP contribution in [0.25, 0.3) is 0 Å². The quantitative estimate of drug-likeness (QED) is 0.249. The standard InChI is InChI=1S/C28H31Cl3F2N2O5/c1-4-9-34-27(39)28(32,33)26(38)22(16(2)3)14-24(36)23(10-17-5-7-18(29)8-6-17)35-25(37)15-40-21-12-19(30)11-20(31)13-21/h5-8,11-13,16,22-23H,4,9-10,14-15H2,1-3H3,(H,34,39)(H,35,37)/t22-,23-/m0/s1. The van der Waals surface area contributed by atoms with Gasteiger partial charge >= 0.3 is 5.92 Å². The molecule has 0 spiro atoms. The predicted molar refractivity (Wildman–Crippen MR) is 150 cm³/mol. The van der Waals surface area contributed by atoms with Crippen LogP contribution in [0.4, 0.5) is 8.78 Å². The molecule has 0 aliphatic heterocycles. The van der Waals surface area contributed by atoms with E-state index in [1.165, 1.54) is 32.0 Å². The third kappa shape index (κ3) is 10.0. The Balaban J connectivity index is 2.22. The number of carbonyl (C=O) groups excluding carboxylic acids is 4. The van der Waals surface area contributed by atoms with Gasteiger partial charge in [0.1, 0.15) is 5.75 Å². The maximum absolute atomic E-state index is 14.7. The number of alkyl halides is 2. The highest BCUT2D eigenvalue weighted by Gasteiger charge is 2.51. The minimum atomic E-state index is -4.31. The van der Waals surface area contributed by atoms with Crippen LogP contribution >= 0.6 is 34.8 Å². The molecule has 0 unspecified atom stereocenters. The van der Waals surface area contributed by atoms with Crippen LogP contribution in [0.1, 0.15) is 39.2 Å². The Morgan fingerprint density at radius 1 is 0.950 bits per heavy atom. The van der Waals surface area contributed by atoms with Gasteiger partial charge in [-0.3, -0.25) is 19.2 Å². The van der Waals surface area contributed by atoms with E-state index in [0.29, 0.717) is 27.1 Å². The molecule has 7 nitrogen and oxygen atoms in total. The van der Waals surface area contributed by atoms with Gasteiger partial charge in [-0.05, 0) is 54.7 Å². The van der Waals surface area contributed by atoms with Crippen LogP contribution in [0.15, 0.2) is 42.5 Å². The highest BCUT2D eigenvalue weighted by atomic mass is 35.5. The second kappa shape index (κ2) is 15.3. The molecule has 0 bridgehead atoms. The Kier molecular flexibility index (Phi) is 12.8. The highest BCUT2D eigenvalue weighted by Crippen LogP contribution is 2.28. The summed E-state index contributed by atoms with van der Waals surface area (Å²) >= 11 is 17.8. The van der Waals surface area contributed by atoms with E-state index in [1.54, 1.807) is 31.2 Å². The van der Waals surface area contributed by atoms with Crippen molar-refractivity contribution < 1.29 is 32.7 Å². The summed E-state index contributed by atoms with van der Waals surface area (Å²) in [6, 6.07) is 9.70. The summed E-state index contributed by atoms with van der Waals surface area (Å²) in [5.74, 6) is -10.9. The number of Topliss-reactive ketones (excluding diaryl/α,β-unsaturated/α-hetero) is 2. The number of rotatable bonds is 15. The first-order valence-corrected chi connectivity index (χ1v) is 13.7. The Morgan fingerprint density at radius 3 is 2.10 bits per heavy atom. The fourth-order valence-electron chi connectivity index (χ4n) is 3.78. The summed E-state index contributed by atoms with van der Waals surface area (Å²) < 4.78 is 34.9. The molecular weight excluding hydrogens is 589 g/mol. The van der Waals surface area contributed by atoms with Crippen molar-refractivity contribution in [1.82, 2.24) is 10.6 Å². The molecule has 2 amide bonds. The van der Waals surface area contributed by atoms with Crippen molar-refractivity contribution in [2.75, 3.05) is 13.2 Å². The summed E-state index contributed by atoms with van der Waals surface area (Å²) in [6.07, 6.45) is -0.212. The number of carbonyl (C=O) groups is 4. The lowest BCUT2D eigenvalue weighted by atomic mass is 9.82. The molecule has 0 aromatic heterocycles. The molecule has 2 N–H and O–H groups in total. The first kappa shape index (κ1) is 33.5. The van der Waals surface area contributed by atoms with Crippen molar-refractivity contribution in [3.8, 4) is 5.75 Å². The third-order valence-electron chi connectivity index (χ3n) is 5.98. The average molecular weight is 620 g/mol. The van der Waals surface area contributed by atoms with Crippen LogP contribution in [0.2, 0.25) is 15.1 Å². The zero-order valence-electron chi connectivity index (χ0n) is 22.2. The van der Waals surface area contributed by atoms with Gasteiger partial charge in [0.2, 0.25) is 5.78 Å². The number of hydrogen-bond acceptors (Lipinski definition) is 5. The number of amides is 2. The van der Waals surface area contributed by atoms with E-state index in [-0.39, 0.29) is 18.7 Å². The van der Waals surface area contributed by atoms with Crippen molar-refractivity contribution >= 4 is 58.2 Å². The van der Waals surface area contributed by atoms with Crippen molar-refractivity contribution in [2.24, 2.45) is 11.8 Å². The smallest absolute Gasteiger partial charge is 0.381 e. The summed E-state index contributed by atoms with van der Waals surface area (Å²) in [7, 11) is 0. The number of ether oxygens (including phenoxy) is 1. The number of nitrogens with one attached hydrogen (secondary N) is 2. The van der Waals surface area contributed by atoms with E-state index in [9.17, 15) is 28.0 Å². The molecule has 2 aromatic rings. The van der Waals surface area contributed by atoms with Crippen molar-refractivity contribution in [3.63, 3.8) is 0 Å². The van der Waals surface area contributed by atoms with Crippen molar-refractivity contribution in [1.29, 1.82) is 0 Å². The molecule has 2 aromatic carbocycles. The topological polar surface area (TPSA) is 102 Å². The van der Waals surface area contributed by atoms with Gasteiger partial charge in [0.25, 0.3) is 11.8 Å². The molecule has 218 valence electrons. The first-order valence-electron chi connectivity index (χ1n) is 12.6. The van der Waals surface area contributed by atoms with Gasteiger partial charge in [-0.25, -0.2) is 0 Å². The number of hydrogen-bond donors (Lipinski definition) is 2. The van der Waals surface area contributed by atoms with Crippen LogP contribution in [0, 0.1) is 11.8 Å². The lowest BCUT2D eigenvalue weighted by molar-refractivity contribution is -0.162. The lowest BCUT2D eigenvalue weighted by Gasteiger charge is -2.26. The molecule has 40 heavy (non-hydrogen) atoms. The van der Waals surface area contributed by atoms with Gasteiger partial charge in [0, 0.05) is 34.0 Å². The van der Waals surface area contributed by atoms with Crippen LogP contribution in [-0.4, -0.2) is 48.5 Å². The van der Waals surface area contributed by atoms with E-state index in [1.807, 2.05) is 5.32 Å². The van der Waals surface area contributed by atoms with Crippen molar-refractivity contribution in [2.45, 2.75) is 52.0 Å². The van der Waals surface area contributed by atoms with Gasteiger partial charge in [-0.1, -0.05) is 67.7 Å². The lowest BCUT2D eigenvalue weighted by Crippen LogP contribution is -2.51. The van der Waals surface area contributed by atoms with E-state index < -0.39 is 60.2 Å². The molecule has 0 fully saturated rings. The van der Waals surface area contributed by atoms with Crippen LogP contribution in [-0.2, 0) is 25.6 Å². The summed E-state index contributed by atoms with van der Waals surface area (Å²) in [5, 5.41) is 5.64. The minimum absolute atomic E-state index is 0.00286. The SMILES string of the molecule is CCCNC(=O)C(F)(F)C(=O)[C@@H](CC(=O)[C@H](Cc1ccc(Cl)cc1)NC(=O)COc1cc(Cl)cc(Cl)c1)C(C)C. The molecule has 0 saturated heterocycles. The van der Waals surface area contributed by atoms with E-state index >= 15 is 0 Å². The monoisotopic (exact) mass is 618 g/mol. The summed E-state index contributed by atoms with van der Waals surface area (Å²) in [6.45, 7) is 4.17. The van der Waals surface area contributed by atoms with Crippen LogP contribution in [0.3, 0.4) is 0 Å². The Hall–Kier alpha value is -2.75. The summed E-state index contributed by atoms with van der Waals surface area (Å²) in [5.41, 5.74) is 0.627. The number of ketones is 2. The summed E-state index contributed by atoms with van der Waals surface area (Å²) in [4.78, 5) is 50.9. The van der Waals surface area contributed by atoms with E-state index in [0.717, 1.165) is 0 Å². The fraction of sp³-hybridized carbons (Fsp3) is 0.429. The maximum atomic E-state index is 14.7. The van der Waals surface area contributed by atoms with Crippen molar-refractivity contribution in [3.05, 3.63) is 63.1 Å². The van der Waals surface area contributed by atoms with Gasteiger partial charge in [-0.15, -0.1) is 0 Å². The second-order valence-electron chi connectivity index (χ2n) is 9.56. The third-order valence-corrected chi connectivity index (χ3v) is 6.66.